The number of hydrogen-bond acceptors (Lipinski definition) is 7. The van der Waals surface area contributed by atoms with Gasteiger partial charge in [-0.2, -0.15) is 5.06 Å². The third-order valence-electron chi connectivity index (χ3n) is 8.10. The molecule has 0 radical (unpaired) electrons. The Hall–Kier alpha value is -4.30. The fourth-order valence-corrected chi connectivity index (χ4v) is 6.32. The van der Waals surface area contributed by atoms with E-state index in [0.29, 0.717) is 34.6 Å². The van der Waals surface area contributed by atoms with Crippen LogP contribution in [-0.2, 0) is 25.8 Å². The number of benzene rings is 2. The summed E-state index contributed by atoms with van der Waals surface area (Å²) in [6.45, 7) is 1.88. The first-order valence-electron chi connectivity index (χ1n) is 12.5. The van der Waals surface area contributed by atoms with E-state index in [9.17, 15) is 29.5 Å². The molecule has 2 N–H and O–H groups in total. The van der Waals surface area contributed by atoms with Crippen molar-refractivity contribution < 1.29 is 34.2 Å². The number of Topliss-reactive ketones (excluding diaryl/α,β-unsaturated/α-hetero) is 1. The molecule has 2 amide bonds. The second kappa shape index (κ2) is 8.92. The summed E-state index contributed by atoms with van der Waals surface area (Å²) in [5, 5.41) is 21.4. The van der Waals surface area contributed by atoms with Crippen molar-refractivity contribution in [2.75, 3.05) is 0 Å². The summed E-state index contributed by atoms with van der Waals surface area (Å²) in [6.07, 6.45) is 3.47. The third kappa shape index (κ3) is 3.63. The van der Waals surface area contributed by atoms with Gasteiger partial charge in [-0.3, -0.25) is 24.4 Å². The van der Waals surface area contributed by atoms with E-state index in [4.69, 9.17) is 4.74 Å². The number of nitrogens with zero attached hydrogens (tertiary/aromatic N) is 1. The van der Waals surface area contributed by atoms with Crippen molar-refractivity contribution in [3.63, 3.8) is 0 Å². The second-order valence-corrected chi connectivity index (χ2v) is 10.2. The Balaban J connectivity index is 1.42. The van der Waals surface area contributed by atoms with Gasteiger partial charge in [-0.25, -0.2) is 0 Å². The van der Waals surface area contributed by atoms with Crippen LogP contribution < -0.4 is 4.74 Å². The molecule has 0 unspecified atom stereocenters. The summed E-state index contributed by atoms with van der Waals surface area (Å²) in [5.41, 5.74) is 2.95. The third-order valence-corrected chi connectivity index (χ3v) is 8.10. The molecular weight excluding hydrogens is 486 g/mol. The number of hydrogen-bond donors (Lipinski definition) is 2. The average molecular weight is 512 g/mol. The topological polar surface area (TPSA) is 121 Å². The second-order valence-electron chi connectivity index (χ2n) is 10.2. The molecule has 4 atom stereocenters. The van der Waals surface area contributed by atoms with E-state index >= 15 is 0 Å². The average Bonchev–Trinajstić information content (AvgIpc) is 3.14. The highest BCUT2D eigenvalue weighted by Gasteiger charge is 2.56. The molecule has 2 aromatic carbocycles. The Labute approximate surface area is 218 Å². The van der Waals surface area contributed by atoms with Crippen molar-refractivity contribution in [2.24, 2.45) is 17.8 Å². The van der Waals surface area contributed by atoms with Crippen molar-refractivity contribution >= 4 is 23.4 Å². The van der Waals surface area contributed by atoms with Crippen molar-refractivity contribution in [3.8, 4) is 11.5 Å². The van der Waals surface area contributed by atoms with Crippen LogP contribution in [-0.4, -0.2) is 38.8 Å². The molecule has 8 nitrogen and oxygen atoms in total. The molecule has 1 saturated heterocycles. The minimum atomic E-state index is -0.839. The van der Waals surface area contributed by atoms with Gasteiger partial charge in [0.1, 0.15) is 18.1 Å². The van der Waals surface area contributed by atoms with Crippen LogP contribution >= 0.6 is 0 Å². The van der Waals surface area contributed by atoms with E-state index in [-0.39, 0.29) is 40.8 Å². The summed E-state index contributed by atoms with van der Waals surface area (Å²) in [6, 6.07) is 14.4. The molecule has 1 heterocycles. The fourth-order valence-electron chi connectivity index (χ4n) is 6.32. The lowest BCUT2D eigenvalue weighted by Crippen LogP contribution is -2.39. The molecule has 6 rings (SSSR count). The van der Waals surface area contributed by atoms with Gasteiger partial charge in [0.2, 0.25) is 0 Å². The molecular formula is C30H25NO7. The zero-order valence-corrected chi connectivity index (χ0v) is 20.6. The quantitative estimate of drug-likeness (QED) is 0.277. The summed E-state index contributed by atoms with van der Waals surface area (Å²) in [7, 11) is 0. The van der Waals surface area contributed by atoms with Crippen LogP contribution in [0.4, 0.5) is 0 Å². The molecule has 1 aliphatic heterocycles. The van der Waals surface area contributed by atoms with Crippen LogP contribution in [0, 0.1) is 17.8 Å². The SMILES string of the molecule is CC1=CC(=O)C2=C(C[C@@H]3C(=CC[C@@H]4C(=O)N(O)C(=O)[C@@H]43)[C@@H]2c2ccc(OCc3ccccc3)cc2O)C1=O. The van der Waals surface area contributed by atoms with Gasteiger partial charge in [0.25, 0.3) is 11.8 Å². The van der Waals surface area contributed by atoms with Gasteiger partial charge in [-0.05, 0) is 43.4 Å². The monoisotopic (exact) mass is 511 g/mol. The first-order chi connectivity index (χ1) is 18.3. The number of amides is 2. The number of allylic oxidation sites excluding steroid dienone is 6. The number of rotatable bonds is 4. The Bertz CT molecular complexity index is 1500. The highest BCUT2D eigenvalue weighted by molar-refractivity contribution is 6.23. The summed E-state index contributed by atoms with van der Waals surface area (Å²) in [5.74, 6) is -4.54. The summed E-state index contributed by atoms with van der Waals surface area (Å²) >= 11 is 0. The molecule has 2 aromatic rings. The van der Waals surface area contributed by atoms with Gasteiger partial charge < -0.3 is 9.84 Å². The number of aromatic hydroxyl groups is 1. The normalized spacial score (nSPS) is 26.5. The number of ether oxygens (including phenoxy) is 1. The number of hydroxylamine groups is 2. The van der Waals surface area contributed by atoms with Crippen molar-refractivity contribution in [1.29, 1.82) is 0 Å². The van der Waals surface area contributed by atoms with Gasteiger partial charge in [-0.15, -0.1) is 0 Å². The lowest BCUT2D eigenvalue weighted by atomic mass is 9.59. The molecule has 4 aliphatic rings. The van der Waals surface area contributed by atoms with E-state index in [1.807, 2.05) is 36.4 Å². The maximum Gasteiger partial charge on any atom is 0.257 e. The fraction of sp³-hybridized carbons (Fsp3) is 0.267. The zero-order valence-electron chi connectivity index (χ0n) is 20.6. The summed E-state index contributed by atoms with van der Waals surface area (Å²) < 4.78 is 5.84. The Morgan fingerprint density at radius 2 is 1.76 bits per heavy atom. The highest BCUT2D eigenvalue weighted by atomic mass is 16.5. The lowest BCUT2D eigenvalue weighted by molar-refractivity contribution is -0.173. The zero-order chi connectivity index (χ0) is 26.7. The Morgan fingerprint density at radius 1 is 1.00 bits per heavy atom. The molecule has 192 valence electrons. The number of imide groups is 1. The minimum Gasteiger partial charge on any atom is -0.507 e. The van der Waals surface area contributed by atoms with Gasteiger partial charge in [0, 0.05) is 34.3 Å². The van der Waals surface area contributed by atoms with Crippen molar-refractivity contribution in [3.05, 3.63) is 94.1 Å². The van der Waals surface area contributed by atoms with Gasteiger partial charge in [0.15, 0.2) is 11.6 Å². The van der Waals surface area contributed by atoms with E-state index in [1.54, 1.807) is 19.1 Å². The molecule has 0 spiro atoms. The largest absolute Gasteiger partial charge is 0.507 e. The molecule has 1 fully saturated rings. The van der Waals surface area contributed by atoms with Crippen LogP contribution in [0.5, 0.6) is 11.5 Å². The Morgan fingerprint density at radius 3 is 2.50 bits per heavy atom. The highest BCUT2D eigenvalue weighted by Crippen LogP contribution is 2.56. The minimum absolute atomic E-state index is 0.111. The van der Waals surface area contributed by atoms with Crippen LogP contribution in [0.15, 0.2) is 83.0 Å². The smallest absolute Gasteiger partial charge is 0.257 e. The molecule has 0 bridgehead atoms. The number of carbonyl (C=O) groups is 4. The number of phenols is 1. The maximum atomic E-state index is 13.3. The van der Waals surface area contributed by atoms with Gasteiger partial charge >= 0.3 is 0 Å². The first kappa shape index (κ1) is 24.1. The standard InChI is InChI=1S/C30H25NO7/c1-15-11-24(33)27-22(28(15)34)13-21-18(9-10-20-26(21)30(36)31(37)29(20)35)25(27)19-8-7-17(12-23(19)32)38-14-16-5-3-2-4-6-16/h2-9,11-12,20-21,25-26,32,37H,10,13-14H2,1H3/t20-,21+,25+,26-/m0/s1. The van der Waals surface area contributed by atoms with Crippen molar-refractivity contribution in [1.82, 2.24) is 5.06 Å². The predicted molar refractivity (Wildman–Crippen MR) is 134 cm³/mol. The van der Waals surface area contributed by atoms with E-state index in [1.165, 1.54) is 12.1 Å². The summed E-state index contributed by atoms with van der Waals surface area (Å²) in [4.78, 5) is 51.9. The molecule has 3 aliphatic carbocycles. The molecule has 0 aromatic heterocycles. The molecule has 0 saturated carbocycles. The first-order valence-corrected chi connectivity index (χ1v) is 12.5. The molecule has 8 heteroatoms. The van der Waals surface area contributed by atoms with Gasteiger partial charge in [-0.1, -0.05) is 48.0 Å². The van der Waals surface area contributed by atoms with Crippen LogP contribution in [0.2, 0.25) is 0 Å². The molecule has 38 heavy (non-hydrogen) atoms. The van der Waals surface area contributed by atoms with Crippen LogP contribution in [0.3, 0.4) is 0 Å². The van der Waals surface area contributed by atoms with Crippen LogP contribution in [0.25, 0.3) is 0 Å². The van der Waals surface area contributed by atoms with Crippen molar-refractivity contribution in [2.45, 2.75) is 32.3 Å². The predicted octanol–water partition coefficient (Wildman–Crippen LogP) is 3.79. The van der Waals surface area contributed by atoms with E-state index < -0.39 is 35.5 Å². The number of ketones is 2. The Kier molecular flexibility index (Phi) is 5.65. The lowest BCUT2D eigenvalue weighted by Gasteiger charge is -2.42. The number of fused-ring (bicyclic) bond motifs is 3. The maximum absolute atomic E-state index is 13.3. The van der Waals surface area contributed by atoms with Gasteiger partial charge in [0.05, 0.1) is 11.8 Å². The number of phenolic OH excluding ortho intramolecular Hbond substituents is 1. The van der Waals surface area contributed by atoms with Crippen LogP contribution in [0.1, 0.15) is 36.8 Å². The van der Waals surface area contributed by atoms with E-state index in [2.05, 4.69) is 0 Å². The number of carbonyl (C=O) groups excluding carboxylic acids is 4. The van der Waals surface area contributed by atoms with E-state index in [0.717, 1.165) is 5.56 Å².